The van der Waals surface area contributed by atoms with Gasteiger partial charge in [0, 0.05) is 6.54 Å². The van der Waals surface area contributed by atoms with Gasteiger partial charge in [0.1, 0.15) is 6.61 Å². The number of hydrogen-bond donors (Lipinski definition) is 1. The predicted molar refractivity (Wildman–Crippen MR) is 61.2 cm³/mol. The van der Waals surface area contributed by atoms with Crippen LogP contribution in [0.3, 0.4) is 0 Å². The maximum Gasteiger partial charge on any atom is 0.411 e. The Bertz CT molecular complexity index is 413. The van der Waals surface area contributed by atoms with Gasteiger partial charge in [0.15, 0.2) is 24.2 Å². The van der Waals surface area contributed by atoms with Gasteiger partial charge in [-0.15, -0.1) is 0 Å². The van der Waals surface area contributed by atoms with E-state index in [1.54, 1.807) is 0 Å². The summed E-state index contributed by atoms with van der Waals surface area (Å²) >= 11 is 0. The van der Waals surface area contributed by atoms with E-state index in [0.29, 0.717) is 12.1 Å². The summed E-state index contributed by atoms with van der Waals surface area (Å²) in [7, 11) is 0. The monoisotopic (exact) mass is 299 g/mol. The van der Waals surface area contributed by atoms with Gasteiger partial charge in [0.05, 0.1) is 0 Å². The first kappa shape index (κ1) is 16.6. The predicted octanol–water partition coefficient (Wildman–Crippen LogP) is 2.99. The Hall–Kier alpha value is -1.41. The molecule has 0 spiro atoms. The van der Waals surface area contributed by atoms with Crippen molar-refractivity contribution in [2.24, 2.45) is 0 Å². The molecule has 1 rings (SSSR count). The molecule has 0 bridgehead atoms. The summed E-state index contributed by atoms with van der Waals surface area (Å²) in [6, 6.07) is 2.09. The lowest BCUT2D eigenvalue weighted by molar-refractivity contribution is -0.187. The molecule has 1 aromatic carbocycles. The molecule has 3 nitrogen and oxygen atoms in total. The van der Waals surface area contributed by atoms with Gasteiger partial charge in [-0.05, 0) is 24.2 Å². The van der Waals surface area contributed by atoms with Crippen LogP contribution in [0.2, 0.25) is 0 Å². The van der Waals surface area contributed by atoms with E-state index in [1.165, 1.54) is 0 Å². The highest BCUT2D eigenvalue weighted by Crippen LogP contribution is 2.23. The Kier molecular flexibility index (Phi) is 6.15. The third-order valence-electron chi connectivity index (χ3n) is 2.19. The minimum Gasteiger partial charge on any atom is -0.461 e. The van der Waals surface area contributed by atoms with Crippen LogP contribution in [-0.2, 0) is 11.3 Å². The molecule has 8 heteroatoms. The van der Waals surface area contributed by atoms with E-state index in [2.05, 4.69) is 14.8 Å². The van der Waals surface area contributed by atoms with E-state index in [-0.39, 0.29) is 6.54 Å². The number of rotatable bonds is 7. The van der Waals surface area contributed by atoms with Crippen molar-refractivity contribution in [1.82, 2.24) is 5.32 Å². The number of nitrogens with one attached hydrogen (secondary N) is 1. The summed E-state index contributed by atoms with van der Waals surface area (Å²) in [4.78, 5) is 0. The number of benzene rings is 1. The molecule has 0 saturated heterocycles. The van der Waals surface area contributed by atoms with Gasteiger partial charge >= 0.3 is 6.18 Å². The maximum absolute atomic E-state index is 13.5. The number of ether oxygens (including phenoxy) is 2. The van der Waals surface area contributed by atoms with Gasteiger partial charge in [-0.2, -0.15) is 13.2 Å². The zero-order chi connectivity index (χ0) is 15.2. The van der Waals surface area contributed by atoms with Gasteiger partial charge in [-0.3, -0.25) is 0 Å². The van der Waals surface area contributed by atoms with Gasteiger partial charge < -0.3 is 14.8 Å². The second kappa shape index (κ2) is 7.39. The number of halogens is 5. The van der Waals surface area contributed by atoms with Crippen molar-refractivity contribution in [2.75, 3.05) is 19.9 Å². The fourth-order valence-electron chi connectivity index (χ4n) is 1.38. The molecule has 0 radical (unpaired) electrons. The Balaban J connectivity index is 2.58. The van der Waals surface area contributed by atoms with Crippen LogP contribution in [0.5, 0.6) is 5.75 Å². The number of hydrogen-bond acceptors (Lipinski definition) is 3. The van der Waals surface area contributed by atoms with Gasteiger partial charge in [0.2, 0.25) is 0 Å². The first-order valence-electron chi connectivity index (χ1n) is 5.79. The standard InChI is InChI=1S/C12H14F5NO2/c1-2-18-5-8-3-9(13)11(10(14)4-8)20-7-19-6-12(15,16)17/h3-4,18H,2,5-7H2,1H3. The molecule has 0 aromatic heterocycles. The Labute approximate surface area is 112 Å². The molecule has 0 unspecified atom stereocenters. The van der Waals surface area contributed by atoms with Gasteiger partial charge in [0.25, 0.3) is 0 Å². The Morgan fingerprint density at radius 3 is 2.25 bits per heavy atom. The van der Waals surface area contributed by atoms with Crippen molar-refractivity contribution < 1.29 is 31.4 Å². The lowest BCUT2D eigenvalue weighted by atomic mass is 10.2. The quantitative estimate of drug-likeness (QED) is 0.477. The lowest BCUT2D eigenvalue weighted by Crippen LogP contribution is -2.19. The van der Waals surface area contributed by atoms with Crippen molar-refractivity contribution in [2.45, 2.75) is 19.6 Å². The Morgan fingerprint density at radius 2 is 1.75 bits per heavy atom. The highest BCUT2D eigenvalue weighted by molar-refractivity contribution is 5.31. The zero-order valence-corrected chi connectivity index (χ0v) is 10.7. The molecule has 0 heterocycles. The molecule has 0 fully saturated rings. The van der Waals surface area contributed by atoms with Crippen molar-refractivity contribution in [1.29, 1.82) is 0 Å². The van der Waals surface area contributed by atoms with Crippen LogP contribution in [0, 0.1) is 11.6 Å². The summed E-state index contributed by atoms with van der Waals surface area (Å²) in [5.41, 5.74) is 0.366. The van der Waals surface area contributed by atoms with E-state index in [4.69, 9.17) is 0 Å². The minimum atomic E-state index is -4.52. The van der Waals surface area contributed by atoms with Crippen LogP contribution in [-0.4, -0.2) is 26.1 Å². The van der Waals surface area contributed by atoms with Crippen molar-refractivity contribution in [3.8, 4) is 5.75 Å². The van der Waals surface area contributed by atoms with Gasteiger partial charge in [-0.25, -0.2) is 8.78 Å². The average Bonchev–Trinajstić information content (AvgIpc) is 2.33. The summed E-state index contributed by atoms with van der Waals surface area (Å²) < 4.78 is 71.0. The summed E-state index contributed by atoms with van der Waals surface area (Å²) in [6.45, 7) is 0.304. The molecule has 0 saturated carbocycles. The molecular formula is C12H14F5NO2. The second-order valence-corrected chi connectivity index (χ2v) is 3.89. The van der Waals surface area contributed by atoms with Crippen molar-refractivity contribution in [3.63, 3.8) is 0 Å². The van der Waals surface area contributed by atoms with E-state index in [1.807, 2.05) is 6.92 Å². The van der Waals surface area contributed by atoms with Crippen LogP contribution in [0.1, 0.15) is 12.5 Å². The zero-order valence-electron chi connectivity index (χ0n) is 10.7. The molecule has 114 valence electrons. The highest BCUT2D eigenvalue weighted by atomic mass is 19.4. The second-order valence-electron chi connectivity index (χ2n) is 3.89. The van der Waals surface area contributed by atoms with Crippen LogP contribution in [0.25, 0.3) is 0 Å². The number of alkyl halides is 3. The lowest BCUT2D eigenvalue weighted by Gasteiger charge is -2.11. The van der Waals surface area contributed by atoms with E-state index in [0.717, 1.165) is 12.1 Å². The fraction of sp³-hybridized carbons (Fsp3) is 0.500. The maximum atomic E-state index is 13.5. The van der Waals surface area contributed by atoms with Crippen LogP contribution in [0.15, 0.2) is 12.1 Å². The van der Waals surface area contributed by atoms with E-state index >= 15 is 0 Å². The first-order chi connectivity index (χ1) is 9.33. The molecule has 0 atom stereocenters. The highest BCUT2D eigenvalue weighted by Gasteiger charge is 2.27. The minimum absolute atomic E-state index is 0.273. The molecule has 0 aliphatic rings. The average molecular weight is 299 g/mol. The van der Waals surface area contributed by atoms with Crippen LogP contribution >= 0.6 is 0 Å². The topological polar surface area (TPSA) is 30.5 Å². The van der Waals surface area contributed by atoms with Gasteiger partial charge in [-0.1, -0.05) is 6.92 Å². The van der Waals surface area contributed by atoms with Crippen molar-refractivity contribution in [3.05, 3.63) is 29.3 Å². The smallest absolute Gasteiger partial charge is 0.411 e. The van der Waals surface area contributed by atoms with Crippen LogP contribution < -0.4 is 10.1 Å². The SMILES string of the molecule is CCNCc1cc(F)c(OCOCC(F)(F)F)c(F)c1. The summed E-state index contributed by atoms with van der Waals surface area (Å²) in [5.74, 6) is -2.74. The van der Waals surface area contributed by atoms with Crippen LogP contribution in [0.4, 0.5) is 22.0 Å². The Morgan fingerprint density at radius 1 is 1.15 bits per heavy atom. The molecule has 20 heavy (non-hydrogen) atoms. The van der Waals surface area contributed by atoms with E-state index in [9.17, 15) is 22.0 Å². The molecule has 1 aromatic rings. The molecule has 0 amide bonds. The van der Waals surface area contributed by atoms with Crippen molar-refractivity contribution >= 4 is 0 Å². The third kappa shape index (κ3) is 5.70. The summed E-state index contributed by atoms with van der Waals surface area (Å²) in [5, 5.41) is 2.88. The molecular weight excluding hydrogens is 285 g/mol. The molecule has 0 aliphatic heterocycles. The summed E-state index contributed by atoms with van der Waals surface area (Å²) in [6.07, 6.45) is -4.52. The molecule has 1 N–H and O–H groups in total. The third-order valence-corrected chi connectivity index (χ3v) is 2.19. The normalized spacial score (nSPS) is 11.7. The first-order valence-corrected chi connectivity index (χ1v) is 5.79. The molecule has 0 aliphatic carbocycles. The van der Waals surface area contributed by atoms with E-state index < -0.39 is 37.0 Å². The fourth-order valence-corrected chi connectivity index (χ4v) is 1.38. The largest absolute Gasteiger partial charge is 0.461 e.